The van der Waals surface area contributed by atoms with Crippen LogP contribution in [0.4, 0.5) is 0 Å². The molecule has 31 heavy (non-hydrogen) atoms. The van der Waals surface area contributed by atoms with Crippen molar-refractivity contribution in [1.29, 1.82) is 0 Å². The number of nitrogens with one attached hydrogen (secondary N) is 1. The Morgan fingerprint density at radius 2 is 2.03 bits per heavy atom. The van der Waals surface area contributed by atoms with E-state index in [1.807, 2.05) is 11.8 Å². The molecule has 8 heteroatoms. The number of rotatable bonds is 4. The maximum absolute atomic E-state index is 12.8. The van der Waals surface area contributed by atoms with Gasteiger partial charge >= 0.3 is 0 Å². The smallest absolute Gasteiger partial charge is 0.257 e. The monoisotopic (exact) mass is 424 g/mol. The largest absolute Gasteiger partial charge is 0.338 e. The first-order valence-corrected chi connectivity index (χ1v) is 11.8. The normalized spacial score (nSPS) is 22.6. The van der Waals surface area contributed by atoms with Gasteiger partial charge in [-0.05, 0) is 32.6 Å². The lowest BCUT2D eigenvalue weighted by Gasteiger charge is -2.37. The molecule has 4 heterocycles. The topological polar surface area (TPSA) is 87.1 Å². The number of likely N-dealkylation sites (tertiary alicyclic amines) is 1. The van der Waals surface area contributed by atoms with E-state index in [-0.39, 0.29) is 17.4 Å². The van der Waals surface area contributed by atoms with Crippen LogP contribution in [-0.2, 0) is 19.5 Å². The van der Waals surface area contributed by atoms with Crippen LogP contribution in [0, 0.1) is 0 Å². The molecule has 3 aliphatic rings. The summed E-state index contributed by atoms with van der Waals surface area (Å²) in [5.41, 5.74) is 2.44. The van der Waals surface area contributed by atoms with Gasteiger partial charge in [-0.25, -0.2) is 4.98 Å². The van der Waals surface area contributed by atoms with Gasteiger partial charge in [-0.2, -0.15) is 5.10 Å². The van der Waals surface area contributed by atoms with E-state index in [0.29, 0.717) is 24.7 Å². The molecule has 0 aromatic carbocycles. The van der Waals surface area contributed by atoms with Gasteiger partial charge in [-0.15, -0.1) is 0 Å². The first-order valence-electron chi connectivity index (χ1n) is 11.8. The molecule has 0 unspecified atom stereocenters. The van der Waals surface area contributed by atoms with Crippen molar-refractivity contribution >= 4 is 5.91 Å². The van der Waals surface area contributed by atoms with Crippen LogP contribution < -0.4 is 5.56 Å². The van der Waals surface area contributed by atoms with Crippen molar-refractivity contribution < 1.29 is 4.79 Å². The quantitative estimate of drug-likeness (QED) is 0.814. The molecule has 1 atom stereocenters. The molecule has 8 nitrogen and oxygen atoms in total. The zero-order valence-electron chi connectivity index (χ0n) is 18.3. The molecule has 166 valence electrons. The van der Waals surface area contributed by atoms with Crippen molar-refractivity contribution in [3.63, 3.8) is 0 Å². The number of hydrogen-bond donors (Lipinski definition) is 1. The van der Waals surface area contributed by atoms with Crippen LogP contribution in [0.3, 0.4) is 0 Å². The van der Waals surface area contributed by atoms with Crippen LogP contribution in [0.1, 0.15) is 78.8 Å². The van der Waals surface area contributed by atoms with E-state index in [1.54, 1.807) is 17.1 Å². The number of aryl methyl sites for hydroxylation is 1. The Hall–Kier alpha value is -2.48. The number of H-pyrrole nitrogens is 1. The third-order valence-corrected chi connectivity index (χ3v) is 7.28. The molecule has 0 spiro atoms. The van der Waals surface area contributed by atoms with E-state index < -0.39 is 0 Å². The molecule has 2 aliphatic heterocycles. The molecule has 1 saturated heterocycles. The van der Waals surface area contributed by atoms with Crippen molar-refractivity contribution in [3.8, 4) is 0 Å². The van der Waals surface area contributed by atoms with Crippen LogP contribution in [0.2, 0.25) is 0 Å². The highest BCUT2D eigenvalue weighted by atomic mass is 16.2. The van der Waals surface area contributed by atoms with Crippen LogP contribution in [0.25, 0.3) is 0 Å². The van der Waals surface area contributed by atoms with E-state index >= 15 is 0 Å². The molecular formula is C23H32N6O2. The molecule has 1 aliphatic carbocycles. The van der Waals surface area contributed by atoms with Gasteiger partial charge in [0.2, 0.25) is 0 Å². The molecule has 5 rings (SSSR count). The SMILES string of the molecule is CCn1cc(C(=O)N2CC[C@@H](c3nc4c(c(=O)[nH]3)CCN(C3CCCCC3)C4)C2)cn1. The Kier molecular flexibility index (Phi) is 5.65. The average molecular weight is 425 g/mol. The second-order valence-corrected chi connectivity index (χ2v) is 9.21. The second-order valence-electron chi connectivity index (χ2n) is 9.21. The number of nitrogens with zero attached hydrogens (tertiary/aromatic N) is 5. The van der Waals surface area contributed by atoms with E-state index in [2.05, 4.69) is 15.0 Å². The number of fused-ring (bicyclic) bond motifs is 1. The summed E-state index contributed by atoms with van der Waals surface area (Å²) >= 11 is 0. The van der Waals surface area contributed by atoms with Crippen LogP contribution >= 0.6 is 0 Å². The summed E-state index contributed by atoms with van der Waals surface area (Å²) in [6, 6.07) is 0.634. The fourth-order valence-corrected chi connectivity index (χ4v) is 5.43. The summed E-state index contributed by atoms with van der Waals surface area (Å²) in [7, 11) is 0. The average Bonchev–Trinajstić information content (AvgIpc) is 3.49. The van der Waals surface area contributed by atoms with Crippen molar-refractivity contribution in [2.24, 2.45) is 0 Å². The number of amides is 1. The minimum atomic E-state index is 0.00554. The number of aromatic nitrogens is 4. The van der Waals surface area contributed by atoms with Crippen molar-refractivity contribution in [2.75, 3.05) is 19.6 Å². The van der Waals surface area contributed by atoms with E-state index in [1.165, 1.54) is 32.1 Å². The van der Waals surface area contributed by atoms with Gasteiger partial charge in [0.25, 0.3) is 11.5 Å². The Balaban J connectivity index is 1.30. The Bertz CT molecular complexity index is 1010. The van der Waals surface area contributed by atoms with Gasteiger partial charge in [-0.3, -0.25) is 19.2 Å². The molecule has 2 aromatic rings. The lowest BCUT2D eigenvalue weighted by Crippen LogP contribution is -2.42. The number of carbonyl (C=O) groups is 1. The zero-order chi connectivity index (χ0) is 21.4. The molecule has 2 fully saturated rings. The Morgan fingerprint density at radius 1 is 1.19 bits per heavy atom. The van der Waals surface area contributed by atoms with E-state index in [0.717, 1.165) is 49.6 Å². The molecule has 2 aromatic heterocycles. The molecule has 1 amide bonds. The van der Waals surface area contributed by atoms with E-state index in [9.17, 15) is 9.59 Å². The fraction of sp³-hybridized carbons (Fsp3) is 0.652. The minimum absolute atomic E-state index is 0.00554. The van der Waals surface area contributed by atoms with Crippen molar-refractivity contribution in [2.45, 2.75) is 76.9 Å². The van der Waals surface area contributed by atoms with Crippen LogP contribution in [0.15, 0.2) is 17.2 Å². The molecule has 0 radical (unpaired) electrons. The van der Waals surface area contributed by atoms with Crippen LogP contribution in [0.5, 0.6) is 0 Å². The number of hydrogen-bond acceptors (Lipinski definition) is 5. The highest BCUT2D eigenvalue weighted by Crippen LogP contribution is 2.29. The van der Waals surface area contributed by atoms with Gasteiger partial charge in [0, 0.05) is 56.4 Å². The maximum atomic E-state index is 12.8. The third-order valence-electron chi connectivity index (χ3n) is 7.28. The third kappa shape index (κ3) is 4.05. The standard InChI is InChI=1S/C23H32N6O2/c1-2-29-14-17(12-24-29)23(31)28-10-8-16(13-28)21-25-20-15-27(18-6-4-3-5-7-18)11-9-19(20)22(30)26-21/h12,14,16,18H,2-11,13,15H2,1H3,(H,25,26,30)/t16-/m1/s1. The highest BCUT2D eigenvalue weighted by molar-refractivity contribution is 5.94. The summed E-state index contributed by atoms with van der Waals surface area (Å²) in [5, 5.41) is 4.21. The summed E-state index contributed by atoms with van der Waals surface area (Å²) < 4.78 is 1.77. The first-order chi connectivity index (χ1) is 15.1. The van der Waals surface area contributed by atoms with Crippen molar-refractivity contribution in [1.82, 2.24) is 29.5 Å². The second kappa shape index (κ2) is 8.57. The fourth-order valence-electron chi connectivity index (χ4n) is 5.43. The lowest BCUT2D eigenvalue weighted by molar-refractivity contribution is 0.0790. The van der Waals surface area contributed by atoms with Gasteiger partial charge in [0.05, 0.1) is 17.5 Å². The van der Waals surface area contributed by atoms with Crippen molar-refractivity contribution in [3.05, 3.63) is 45.4 Å². The van der Waals surface area contributed by atoms with Crippen LogP contribution in [-0.4, -0.2) is 61.1 Å². The molecule has 1 saturated carbocycles. The summed E-state index contributed by atoms with van der Waals surface area (Å²) in [6.07, 6.45) is 11.5. The Labute approximate surface area is 182 Å². The number of carbonyl (C=O) groups excluding carboxylic acids is 1. The molecule has 1 N–H and O–H groups in total. The summed E-state index contributed by atoms with van der Waals surface area (Å²) in [6.45, 7) is 5.75. The first kappa shape index (κ1) is 20.4. The van der Waals surface area contributed by atoms with E-state index in [4.69, 9.17) is 4.98 Å². The van der Waals surface area contributed by atoms with Gasteiger partial charge in [-0.1, -0.05) is 19.3 Å². The number of aromatic amines is 1. The predicted molar refractivity (Wildman–Crippen MR) is 117 cm³/mol. The van der Waals surface area contributed by atoms with Gasteiger partial charge < -0.3 is 9.88 Å². The summed E-state index contributed by atoms with van der Waals surface area (Å²) in [5.74, 6) is 0.827. The minimum Gasteiger partial charge on any atom is -0.338 e. The Morgan fingerprint density at radius 3 is 2.81 bits per heavy atom. The zero-order valence-corrected chi connectivity index (χ0v) is 18.3. The molecular weight excluding hydrogens is 392 g/mol. The van der Waals surface area contributed by atoms with Gasteiger partial charge in [0.1, 0.15) is 5.82 Å². The van der Waals surface area contributed by atoms with Gasteiger partial charge in [0.15, 0.2) is 0 Å². The highest BCUT2D eigenvalue weighted by Gasteiger charge is 2.32. The predicted octanol–water partition coefficient (Wildman–Crippen LogP) is 2.31. The summed E-state index contributed by atoms with van der Waals surface area (Å²) in [4.78, 5) is 38.0. The lowest BCUT2D eigenvalue weighted by atomic mass is 9.92. The maximum Gasteiger partial charge on any atom is 0.257 e. The molecule has 0 bridgehead atoms.